The first-order chi connectivity index (χ1) is 22.7. The summed E-state index contributed by atoms with van der Waals surface area (Å²) in [5.41, 5.74) is 3.87. The Labute approximate surface area is 289 Å². The maximum Gasteiger partial charge on any atom is 0.317 e. The van der Waals surface area contributed by atoms with E-state index in [4.69, 9.17) is 39.5 Å². The molecule has 5 rings (SSSR count). The fraction of sp³-hybridized carbons (Fsp3) is 0.250. The number of rotatable bonds is 12. The van der Waals surface area contributed by atoms with Crippen LogP contribution in [-0.2, 0) is 30.9 Å². The molecule has 8 nitrogen and oxygen atoms in total. The SMILES string of the molecule is CN(Cc1ccccc1)C(=O)NCC(COCc1ccccc1)NC(=O)c1c(Cl)cc2c(c1Cl)CCN(Cc1cccc(Cl)c1)C2=O. The smallest absolute Gasteiger partial charge is 0.317 e. The summed E-state index contributed by atoms with van der Waals surface area (Å²) in [7, 11) is 1.70. The maximum atomic E-state index is 13.7. The number of carbonyl (C=O) groups is 3. The van der Waals surface area contributed by atoms with E-state index in [1.165, 1.54) is 6.07 Å². The largest absolute Gasteiger partial charge is 0.375 e. The molecule has 0 spiro atoms. The average Bonchev–Trinajstić information content (AvgIpc) is 3.06. The molecule has 0 bridgehead atoms. The first kappa shape index (κ1) is 34.3. The zero-order valence-electron chi connectivity index (χ0n) is 25.8. The van der Waals surface area contributed by atoms with Gasteiger partial charge in [-0.3, -0.25) is 9.59 Å². The lowest BCUT2D eigenvalue weighted by Crippen LogP contribution is -2.48. The Bertz CT molecular complexity index is 1720. The van der Waals surface area contributed by atoms with Crippen LogP contribution in [0.2, 0.25) is 15.1 Å². The molecule has 0 aromatic heterocycles. The van der Waals surface area contributed by atoms with E-state index in [1.54, 1.807) is 22.9 Å². The monoisotopic (exact) mass is 692 g/mol. The fourth-order valence-corrected chi connectivity index (χ4v) is 6.34. The number of urea groups is 1. The molecule has 4 amide bonds. The number of halogens is 3. The molecule has 0 fully saturated rings. The van der Waals surface area contributed by atoms with Crippen LogP contribution < -0.4 is 10.6 Å². The molecule has 1 unspecified atom stereocenters. The molecule has 1 aliphatic heterocycles. The summed E-state index contributed by atoms with van der Waals surface area (Å²) in [6, 6.07) is 27.2. The molecule has 0 saturated carbocycles. The van der Waals surface area contributed by atoms with E-state index in [0.717, 1.165) is 16.7 Å². The van der Waals surface area contributed by atoms with Crippen molar-refractivity contribution >= 4 is 52.6 Å². The minimum Gasteiger partial charge on any atom is -0.375 e. The third kappa shape index (κ3) is 9.05. The fourth-order valence-electron chi connectivity index (χ4n) is 5.41. The second-order valence-corrected chi connectivity index (χ2v) is 12.6. The van der Waals surface area contributed by atoms with Crippen molar-refractivity contribution in [2.45, 2.75) is 32.2 Å². The standard InChI is InChI=1S/C36H35Cl3N4O4/c1-42(20-24-9-4-2-5-10-24)36(46)40-19-28(23-47-22-25-11-6-3-7-12-25)41-34(44)32-31(38)18-30-29(33(32)39)15-16-43(35(30)45)21-26-13-8-14-27(37)17-26/h2-14,17-18,28H,15-16,19-23H2,1H3,(H,40,46)(H,41,44). The second kappa shape index (κ2) is 16.2. The summed E-state index contributed by atoms with van der Waals surface area (Å²) < 4.78 is 5.94. The lowest BCUT2D eigenvalue weighted by molar-refractivity contribution is 0.0725. The molecular weight excluding hydrogens is 659 g/mol. The lowest BCUT2D eigenvalue weighted by atomic mass is 9.95. The van der Waals surface area contributed by atoms with E-state index in [2.05, 4.69) is 10.6 Å². The number of hydrogen-bond donors (Lipinski definition) is 2. The van der Waals surface area contributed by atoms with Gasteiger partial charge in [-0.25, -0.2) is 4.79 Å². The minimum absolute atomic E-state index is 0.0554. The Morgan fingerprint density at radius 3 is 2.30 bits per heavy atom. The van der Waals surface area contributed by atoms with Crippen molar-refractivity contribution in [2.24, 2.45) is 0 Å². The number of benzene rings is 4. The summed E-state index contributed by atoms with van der Waals surface area (Å²) in [5, 5.41) is 6.61. The van der Waals surface area contributed by atoms with Gasteiger partial charge in [0.05, 0.1) is 34.9 Å². The number of fused-ring (bicyclic) bond motifs is 1. The van der Waals surface area contributed by atoms with Crippen LogP contribution in [0.15, 0.2) is 91.0 Å². The first-order valence-electron chi connectivity index (χ1n) is 15.2. The number of hydrogen-bond acceptors (Lipinski definition) is 4. The number of carbonyl (C=O) groups excluding carboxylic acids is 3. The van der Waals surface area contributed by atoms with Gasteiger partial charge in [-0.15, -0.1) is 0 Å². The third-order valence-electron chi connectivity index (χ3n) is 7.83. The topological polar surface area (TPSA) is 91.0 Å². The highest BCUT2D eigenvalue weighted by molar-refractivity contribution is 6.41. The molecule has 2 N–H and O–H groups in total. The van der Waals surface area contributed by atoms with Gasteiger partial charge < -0.3 is 25.2 Å². The van der Waals surface area contributed by atoms with Crippen LogP contribution in [0.3, 0.4) is 0 Å². The lowest BCUT2D eigenvalue weighted by Gasteiger charge is -2.30. The summed E-state index contributed by atoms with van der Waals surface area (Å²) in [5.74, 6) is -0.756. The van der Waals surface area contributed by atoms with E-state index in [9.17, 15) is 14.4 Å². The molecule has 1 heterocycles. The van der Waals surface area contributed by atoms with Crippen molar-refractivity contribution in [3.05, 3.63) is 139 Å². The summed E-state index contributed by atoms with van der Waals surface area (Å²) in [6.45, 7) is 1.75. The predicted octanol–water partition coefficient (Wildman–Crippen LogP) is 7.00. The van der Waals surface area contributed by atoms with Crippen LogP contribution in [-0.4, -0.2) is 60.4 Å². The zero-order valence-corrected chi connectivity index (χ0v) is 28.1. The molecule has 244 valence electrons. The van der Waals surface area contributed by atoms with Crippen LogP contribution in [0, 0.1) is 0 Å². The Hall–Kier alpha value is -4.08. The highest BCUT2D eigenvalue weighted by Gasteiger charge is 2.31. The van der Waals surface area contributed by atoms with Gasteiger partial charge in [-0.05, 0) is 46.9 Å². The van der Waals surface area contributed by atoms with E-state index in [-0.39, 0.29) is 40.7 Å². The molecular formula is C36H35Cl3N4O4. The molecule has 1 atom stereocenters. The Morgan fingerprint density at radius 2 is 1.60 bits per heavy atom. The van der Waals surface area contributed by atoms with Gasteiger partial charge in [0.2, 0.25) is 0 Å². The Balaban J connectivity index is 1.28. The molecule has 4 aromatic carbocycles. The van der Waals surface area contributed by atoms with Crippen molar-refractivity contribution in [3.63, 3.8) is 0 Å². The van der Waals surface area contributed by atoms with Crippen LogP contribution in [0.4, 0.5) is 4.79 Å². The van der Waals surface area contributed by atoms with Crippen LogP contribution in [0.1, 0.15) is 43.0 Å². The highest BCUT2D eigenvalue weighted by Crippen LogP contribution is 2.35. The predicted molar refractivity (Wildman–Crippen MR) is 185 cm³/mol. The molecule has 0 radical (unpaired) electrons. The van der Waals surface area contributed by atoms with Crippen molar-refractivity contribution < 1.29 is 19.1 Å². The number of amides is 4. The van der Waals surface area contributed by atoms with Gasteiger partial charge in [-0.2, -0.15) is 0 Å². The Morgan fingerprint density at radius 1 is 0.915 bits per heavy atom. The number of ether oxygens (including phenoxy) is 1. The summed E-state index contributed by atoms with van der Waals surface area (Å²) in [6.07, 6.45) is 0.450. The van der Waals surface area contributed by atoms with Crippen LogP contribution in [0.25, 0.3) is 0 Å². The van der Waals surface area contributed by atoms with Gasteiger partial charge in [0, 0.05) is 43.8 Å². The summed E-state index contributed by atoms with van der Waals surface area (Å²) in [4.78, 5) is 43.3. The summed E-state index contributed by atoms with van der Waals surface area (Å²) >= 11 is 19.6. The second-order valence-electron chi connectivity index (χ2n) is 11.4. The zero-order chi connectivity index (χ0) is 33.3. The number of nitrogens with zero attached hydrogens (tertiary/aromatic N) is 2. The van der Waals surface area contributed by atoms with Crippen molar-refractivity contribution in [1.29, 1.82) is 0 Å². The van der Waals surface area contributed by atoms with Gasteiger partial charge in [-0.1, -0.05) is 108 Å². The van der Waals surface area contributed by atoms with Gasteiger partial charge >= 0.3 is 6.03 Å². The van der Waals surface area contributed by atoms with Crippen molar-refractivity contribution in [2.75, 3.05) is 26.7 Å². The van der Waals surface area contributed by atoms with Crippen LogP contribution in [0.5, 0.6) is 0 Å². The molecule has 47 heavy (non-hydrogen) atoms. The normalized spacial score (nSPS) is 13.1. The first-order valence-corrected chi connectivity index (χ1v) is 16.3. The molecule has 11 heteroatoms. The molecule has 4 aromatic rings. The Kier molecular flexibility index (Phi) is 11.8. The van der Waals surface area contributed by atoms with Gasteiger partial charge in [0.1, 0.15) is 0 Å². The van der Waals surface area contributed by atoms with Crippen molar-refractivity contribution in [1.82, 2.24) is 20.4 Å². The quantitative estimate of drug-likeness (QED) is 0.167. The maximum absolute atomic E-state index is 13.7. The number of nitrogens with one attached hydrogen (secondary N) is 2. The van der Waals surface area contributed by atoms with Gasteiger partial charge in [0.25, 0.3) is 11.8 Å². The molecule has 0 saturated heterocycles. The minimum atomic E-state index is -0.613. The molecule has 1 aliphatic rings. The van der Waals surface area contributed by atoms with E-state index >= 15 is 0 Å². The van der Waals surface area contributed by atoms with E-state index in [1.807, 2.05) is 78.9 Å². The third-order valence-corrected chi connectivity index (χ3v) is 8.78. The van der Waals surface area contributed by atoms with E-state index in [0.29, 0.717) is 48.8 Å². The van der Waals surface area contributed by atoms with Crippen molar-refractivity contribution in [3.8, 4) is 0 Å². The van der Waals surface area contributed by atoms with E-state index < -0.39 is 11.9 Å². The molecule has 0 aliphatic carbocycles. The average molecular weight is 694 g/mol. The van der Waals surface area contributed by atoms with Crippen LogP contribution >= 0.6 is 34.8 Å². The van der Waals surface area contributed by atoms with Gasteiger partial charge in [0.15, 0.2) is 0 Å². The highest BCUT2D eigenvalue weighted by atomic mass is 35.5.